The van der Waals surface area contributed by atoms with Crippen LogP contribution in [0.15, 0.2) is 61.7 Å². The molecule has 236 valence electrons. The Bertz CT molecular complexity index is 990. The van der Waals surface area contributed by atoms with Gasteiger partial charge in [-0.1, -0.05) is 37.4 Å². The maximum atomic E-state index is 11.2. The molecule has 11 nitrogen and oxygen atoms in total. The van der Waals surface area contributed by atoms with Gasteiger partial charge < -0.3 is 42.6 Å². The zero-order valence-electron chi connectivity index (χ0n) is 24.6. The molecule has 2 aromatic rings. The average molecular weight is 603 g/mol. The maximum Gasteiger partial charge on any atom is 0.172 e. The minimum Gasteiger partial charge on any atom is -0.487 e. The molecule has 0 saturated carbocycles. The summed E-state index contributed by atoms with van der Waals surface area (Å²) in [5.74, 6) is 1.75. The minimum atomic E-state index is 0.273. The van der Waals surface area contributed by atoms with Crippen LogP contribution in [0.25, 0.3) is 0 Å². The van der Waals surface area contributed by atoms with Crippen LogP contribution in [0.3, 0.4) is 0 Å². The first-order valence-corrected chi connectivity index (χ1v) is 14.0. The van der Waals surface area contributed by atoms with Gasteiger partial charge in [0.15, 0.2) is 35.6 Å². The number of aldehydes is 2. The second kappa shape index (κ2) is 23.8. The van der Waals surface area contributed by atoms with Crippen LogP contribution in [-0.2, 0) is 23.7 Å². The standard InChI is InChI=1S/C32H42O11/c1-3-11-42-31-27(25-33)7-5-9-29(31)40-23-21-38-19-17-36-15-13-35-14-16-37-18-20-39-22-24-41-30-10-6-8-28(26-34)32(30)43-12-4-2/h3-10,25-26H,1-2,11-24H2. The highest BCUT2D eigenvalue weighted by atomic mass is 16.6. The molecule has 0 aromatic heterocycles. The molecule has 0 heterocycles. The van der Waals surface area contributed by atoms with E-state index >= 15 is 0 Å². The molecular formula is C32H42O11. The first-order valence-electron chi connectivity index (χ1n) is 14.0. The number of hydrogen-bond donors (Lipinski definition) is 0. The number of benzene rings is 2. The zero-order valence-corrected chi connectivity index (χ0v) is 24.6. The Morgan fingerprint density at radius 1 is 0.465 bits per heavy atom. The summed E-state index contributed by atoms with van der Waals surface area (Å²) in [6, 6.07) is 10.3. The third kappa shape index (κ3) is 14.8. The molecule has 0 aliphatic heterocycles. The predicted octanol–water partition coefficient (Wildman–Crippen LogP) is 3.98. The van der Waals surface area contributed by atoms with Crippen LogP contribution in [0.4, 0.5) is 0 Å². The number of carbonyl (C=O) groups is 2. The van der Waals surface area contributed by atoms with Gasteiger partial charge >= 0.3 is 0 Å². The normalized spacial score (nSPS) is 10.6. The Kier molecular flexibility index (Phi) is 19.6. The Labute approximate surface area is 253 Å². The molecule has 0 unspecified atom stereocenters. The van der Waals surface area contributed by atoms with Crippen LogP contribution < -0.4 is 18.9 Å². The van der Waals surface area contributed by atoms with Gasteiger partial charge in [0.05, 0.1) is 77.2 Å². The molecule has 0 atom stereocenters. The molecule has 2 aromatic carbocycles. The van der Waals surface area contributed by atoms with Gasteiger partial charge in [0.1, 0.15) is 26.4 Å². The molecule has 11 heteroatoms. The number of ether oxygens (including phenoxy) is 9. The second-order valence-corrected chi connectivity index (χ2v) is 8.54. The SMILES string of the molecule is C=CCOc1c(C=O)cccc1OCCOCCOCCOCCOCCOCCOc1cccc(C=O)c1OCC=C. The molecule has 0 radical (unpaired) electrons. The van der Waals surface area contributed by atoms with E-state index in [9.17, 15) is 9.59 Å². The molecule has 0 spiro atoms. The van der Waals surface area contributed by atoms with Crippen LogP contribution in [0.2, 0.25) is 0 Å². The van der Waals surface area contributed by atoms with Crippen LogP contribution in [0, 0.1) is 0 Å². The summed E-state index contributed by atoms with van der Waals surface area (Å²) < 4.78 is 50.0. The summed E-state index contributed by atoms with van der Waals surface area (Å²) >= 11 is 0. The van der Waals surface area contributed by atoms with Crippen LogP contribution in [-0.4, -0.2) is 105 Å². The zero-order chi connectivity index (χ0) is 30.8. The van der Waals surface area contributed by atoms with Gasteiger partial charge in [0, 0.05) is 0 Å². The predicted molar refractivity (Wildman–Crippen MR) is 160 cm³/mol. The van der Waals surface area contributed by atoms with E-state index in [1.54, 1.807) is 48.6 Å². The third-order valence-corrected chi connectivity index (χ3v) is 5.42. The molecule has 43 heavy (non-hydrogen) atoms. The van der Waals surface area contributed by atoms with Gasteiger partial charge in [-0.05, 0) is 24.3 Å². The first kappa shape index (κ1) is 35.5. The summed E-state index contributed by atoms with van der Waals surface area (Å²) in [4.78, 5) is 22.5. The Balaban J connectivity index is 1.38. The summed E-state index contributed by atoms with van der Waals surface area (Å²) in [5, 5.41) is 0. The number of rotatable bonds is 28. The third-order valence-electron chi connectivity index (χ3n) is 5.42. The van der Waals surface area contributed by atoms with E-state index in [1.807, 2.05) is 0 Å². The number of carbonyl (C=O) groups excluding carboxylic acids is 2. The van der Waals surface area contributed by atoms with Crippen molar-refractivity contribution < 1.29 is 52.2 Å². The fourth-order valence-electron chi connectivity index (χ4n) is 3.47. The van der Waals surface area contributed by atoms with Gasteiger partial charge in [0.25, 0.3) is 0 Å². The van der Waals surface area contributed by atoms with Crippen molar-refractivity contribution >= 4 is 12.6 Å². The minimum absolute atomic E-state index is 0.273. The van der Waals surface area contributed by atoms with Crippen LogP contribution >= 0.6 is 0 Å². The number of para-hydroxylation sites is 2. The molecule has 0 amide bonds. The molecule has 2 rings (SSSR count). The highest BCUT2D eigenvalue weighted by Crippen LogP contribution is 2.31. The van der Waals surface area contributed by atoms with E-state index in [4.69, 9.17) is 42.6 Å². The van der Waals surface area contributed by atoms with Gasteiger partial charge in [-0.15, -0.1) is 0 Å². The van der Waals surface area contributed by atoms with Crippen molar-refractivity contribution in [3.8, 4) is 23.0 Å². The van der Waals surface area contributed by atoms with Crippen molar-refractivity contribution in [1.29, 1.82) is 0 Å². The van der Waals surface area contributed by atoms with Gasteiger partial charge in [-0.25, -0.2) is 0 Å². The maximum absolute atomic E-state index is 11.2. The lowest BCUT2D eigenvalue weighted by Crippen LogP contribution is -2.15. The monoisotopic (exact) mass is 602 g/mol. The quantitative estimate of drug-likeness (QED) is 0.0800. The Morgan fingerprint density at radius 3 is 1.09 bits per heavy atom. The van der Waals surface area contributed by atoms with Crippen molar-refractivity contribution in [3.05, 3.63) is 72.8 Å². The Hall–Kier alpha value is -3.74. The molecule has 0 aliphatic carbocycles. The molecule has 0 aliphatic rings. The summed E-state index contributed by atoms with van der Waals surface area (Å²) in [6.07, 6.45) is 4.65. The Morgan fingerprint density at radius 2 is 0.791 bits per heavy atom. The molecular weight excluding hydrogens is 560 g/mol. The topological polar surface area (TPSA) is 117 Å². The van der Waals surface area contributed by atoms with Crippen LogP contribution in [0.5, 0.6) is 23.0 Å². The van der Waals surface area contributed by atoms with Crippen LogP contribution in [0.1, 0.15) is 20.7 Å². The summed E-state index contributed by atoms with van der Waals surface area (Å²) in [7, 11) is 0. The molecule has 0 saturated heterocycles. The number of hydrogen-bond acceptors (Lipinski definition) is 11. The van der Waals surface area contributed by atoms with Crippen molar-refractivity contribution in [3.63, 3.8) is 0 Å². The van der Waals surface area contributed by atoms with E-state index in [-0.39, 0.29) is 13.2 Å². The van der Waals surface area contributed by atoms with Crippen molar-refractivity contribution in [2.75, 3.05) is 92.5 Å². The second-order valence-electron chi connectivity index (χ2n) is 8.54. The molecule has 0 N–H and O–H groups in total. The average Bonchev–Trinajstić information content (AvgIpc) is 3.04. The van der Waals surface area contributed by atoms with E-state index in [2.05, 4.69) is 13.2 Å². The summed E-state index contributed by atoms with van der Waals surface area (Å²) in [6.45, 7) is 12.6. The lowest BCUT2D eigenvalue weighted by atomic mass is 10.2. The lowest BCUT2D eigenvalue weighted by Gasteiger charge is -2.13. The van der Waals surface area contributed by atoms with Gasteiger partial charge in [-0.2, -0.15) is 0 Å². The van der Waals surface area contributed by atoms with Crippen molar-refractivity contribution in [1.82, 2.24) is 0 Å². The smallest absolute Gasteiger partial charge is 0.172 e. The summed E-state index contributed by atoms with van der Waals surface area (Å²) in [5.41, 5.74) is 0.833. The fraction of sp³-hybridized carbons (Fsp3) is 0.438. The largest absolute Gasteiger partial charge is 0.487 e. The van der Waals surface area contributed by atoms with E-state index in [1.165, 1.54) is 0 Å². The first-order chi connectivity index (χ1) is 21.2. The van der Waals surface area contributed by atoms with Gasteiger partial charge in [-0.3, -0.25) is 9.59 Å². The fourth-order valence-corrected chi connectivity index (χ4v) is 3.47. The van der Waals surface area contributed by atoms with Crippen molar-refractivity contribution in [2.45, 2.75) is 0 Å². The van der Waals surface area contributed by atoms with E-state index in [0.717, 1.165) is 12.6 Å². The van der Waals surface area contributed by atoms with E-state index in [0.29, 0.717) is 113 Å². The lowest BCUT2D eigenvalue weighted by molar-refractivity contribution is -0.0142. The molecule has 0 bridgehead atoms. The highest BCUT2D eigenvalue weighted by molar-refractivity contribution is 5.81. The van der Waals surface area contributed by atoms with Gasteiger partial charge in [0.2, 0.25) is 0 Å². The highest BCUT2D eigenvalue weighted by Gasteiger charge is 2.11. The van der Waals surface area contributed by atoms with Crippen molar-refractivity contribution in [2.24, 2.45) is 0 Å². The molecule has 0 fully saturated rings. The van der Waals surface area contributed by atoms with E-state index < -0.39 is 0 Å².